The molecule has 96 valence electrons. The van der Waals surface area contributed by atoms with Crippen molar-refractivity contribution in [2.45, 2.75) is 20.3 Å². The van der Waals surface area contributed by atoms with E-state index >= 15 is 0 Å². The minimum absolute atomic E-state index is 0.265. The van der Waals surface area contributed by atoms with Gasteiger partial charge in [0.1, 0.15) is 11.5 Å². The summed E-state index contributed by atoms with van der Waals surface area (Å²) in [6.07, 6.45) is 1.03. The third-order valence-corrected chi connectivity index (χ3v) is 2.76. The first-order valence-corrected chi connectivity index (χ1v) is 5.99. The number of nitrogens with one attached hydrogen (secondary N) is 1. The van der Waals surface area contributed by atoms with Crippen LogP contribution in [0.2, 0.25) is 0 Å². The normalized spacial score (nSPS) is 11.3. The highest BCUT2D eigenvalue weighted by Crippen LogP contribution is 2.21. The quantitative estimate of drug-likeness (QED) is 0.791. The molecule has 0 unspecified atom stereocenters. The van der Waals surface area contributed by atoms with Crippen LogP contribution in [0, 0.1) is 5.41 Å². The fourth-order valence-corrected chi connectivity index (χ4v) is 1.68. The molecule has 1 rings (SSSR count). The smallest absolute Gasteiger partial charge is 0.119 e. The first kappa shape index (κ1) is 13.8. The molecule has 1 aromatic carbocycles. The van der Waals surface area contributed by atoms with Gasteiger partial charge < -0.3 is 14.8 Å². The minimum Gasteiger partial charge on any atom is -0.497 e. The van der Waals surface area contributed by atoms with Crippen LogP contribution in [-0.4, -0.2) is 27.3 Å². The van der Waals surface area contributed by atoms with E-state index < -0.39 is 0 Å². The largest absolute Gasteiger partial charge is 0.497 e. The van der Waals surface area contributed by atoms with Crippen LogP contribution in [0.4, 0.5) is 0 Å². The van der Waals surface area contributed by atoms with Gasteiger partial charge in [-0.15, -0.1) is 0 Å². The van der Waals surface area contributed by atoms with E-state index in [1.165, 1.54) is 0 Å². The Balaban J connectivity index is 2.35. The molecule has 3 nitrogen and oxygen atoms in total. The van der Waals surface area contributed by atoms with Gasteiger partial charge in [-0.25, -0.2) is 0 Å². The zero-order valence-electron chi connectivity index (χ0n) is 11.2. The predicted octanol–water partition coefficient (Wildman–Crippen LogP) is 2.71. The number of hydrogen-bond donors (Lipinski definition) is 1. The molecule has 0 aliphatic carbocycles. The van der Waals surface area contributed by atoms with Gasteiger partial charge in [-0.1, -0.05) is 13.8 Å². The fraction of sp³-hybridized carbons (Fsp3) is 0.571. The average Bonchev–Trinajstić information content (AvgIpc) is 2.29. The highest BCUT2D eigenvalue weighted by Gasteiger charge is 2.16. The standard InChI is InChI=1S/C14H23NO2/c1-14(2,11-15-3)9-10-17-13-7-5-12(16-4)6-8-13/h5-8,15H,9-11H2,1-4H3. The maximum Gasteiger partial charge on any atom is 0.119 e. The van der Waals surface area contributed by atoms with E-state index in [0.717, 1.165) is 31.1 Å². The summed E-state index contributed by atoms with van der Waals surface area (Å²) in [7, 11) is 3.64. The van der Waals surface area contributed by atoms with Crippen molar-refractivity contribution in [2.24, 2.45) is 5.41 Å². The van der Waals surface area contributed by atoms with Gasteiger partial charge in [0.25, 0.3) is 0 Å². The summed E-state index contributed by atoms with van der Waals surface area (Å²) >= 11 is 0. The predicted molar refractivity (Wildman–Crippen MR) is 70.8 cm³/mol. The molecule has 0 fully saturated rings. The monoisotopic (exact) mass is 237 g/mol. The van der Waals surface area contributed by atoms with Gasteiger partial charge in [0.05, 0.1) is 13.7 Å². The Bertz CT molecular complexity index is 319. The van der Waals surface area contributed by atoms with Crippen molar-refractivity contribution in [3.05, 3.63) is 24.3 Å². The molecule has 1 N–H and O–H groups in total. The van der Waals surface area contributed by atoms with Gasteiger partial charge in [0, 0.05) is 6.54 Å². The van der Waals surface area contributed by atoms with E-state index in [1.807, 2.05) is 31.3 Å². The summed E-state index contributed by atoms with van der Waals surface area (Å²) < 4.78 is 10.8. The van der Waals surface area contributed by atoms with Gasteiger partial charge in [-0.2, -0.15) is 0 Å². The van der Waals surface area contributed by atoms with E-state index in [2.05, 4.69) is 19.2 Å². The Morgan fingerprint density at radius 3 is 2.24 bits per heavy atom. The molecule has 0 aliphatic heterocycles. The molecule has 0 atom stereocenters. The van der Waals surface area contributed by atoms with E-state index in [9.17, 15) is 0 Å². The molecule has 0 saturated heterocycles. The van der Waals surface area contributed by atoms with Crippen molar-refractivity contribution in [3.8, 4) is 11.5 Å². The van der Waals surface area contributed by atoms with Crippen LogP contribution in [0.15, 0.2) is 24.3 Å². The maximum atomic E-state index is 5.70. The molecule has 3 heteroatoms. The molecule has 0 aliphatic rings. The average molecular weight is 237 g/mol. The second kappa shape index (κ2) is 6.50. The van der Waals surface area contributed by atoms with Crippen LogP contribution >= 0.6 is 0 Å². The van der Waals surface area contributed by atoms with Gasteiger partial charge in [0.2, 0.25) is 0 Å². The summed E-state index contributed by atoms with van der Waals surface area (Å²) in [5.41, 5.74) is 0.265. The molecule has 0 bridgehead atoms. The fourth-order valence-electron chi connectivity index (χ4n) is 1.68. The molecule has 17 heavy (non-hydrogen) atoms. The highest BCUT2D eigenvalue weighted by molar-refractivity contribution is 5.31. The summed E-state index contributed by atoms with van der Waals surface area (Å²) in [5, 5.41) is 3.20. The lowest BCUT2D eigenvalue weighted by Crippen LogP contribution is -2.28. The molecule has 0 aromatic heterocycles. The van der Waals surface area contributed by atoms with Crippen molar-refractivity contribution in [1.82, 2.24) is 5.32 Å². The highest BCUT2D eigenvalue weighted by atomic mass is 16.5. The lowest BCUT2D eigenvalue weighted by Gasteiger charge is -2.24. The van der Waals surface area contributed by atoms with Crippen LogP contribution in [0.1, 0.15) is 20.3 Å². The minimum atomic E-state index is 0.265. The Morgan fingerprint density at radius 2 is 1.71 bits per heavy atom. The third-order valence-electron chi connectivity index (χ3n) is 2.76. The zero-order valence-corrected chi connectivity index (χ0v) is 11.2. The van der Waals surface area contributed by atoms with Crippen LogP contribution in [0.25, 0.3) is 0 Å². The van der Waals surface area contributed by atoms with E-state index in [1.54, 1.807) is 7.11 Å². The van der Waals surface area contributed by atoms with Crippen molar-refractivity contribution >= 4 is 0 Å². The number of hydrogen-bond acceptors (Lipinski definition) is 3. The van der Waals surface area contributed by atoms with Crippen LogP contribution in [0.5, 0.6) is 11.5 Å². The summed E-state index contributed by atoms with van der Waals surface area (Å²) in [4.78, 5) is 0. The Labute approximate surface area is 104 Å². The molecule has 0 spiro atoms. The van der Waals surface area contributed by atoms with Gasteiger partial charge in [-0.3, -0.25) is 0 Å². The Morgan fingerprint density at radius 1 is 1.12 bits per heavy atom. The molecular formula is C14H23NO2. The van der Waals surface area contributed by atoms with Crippen LogP contribution in [0.3, 0.4) is 0 Å². The van der Waals surface area contributed by atoms with E-state index in [4.69, 9.17) is 9.47 Å². The number of rotatable bonds is 7. The first-order chi connectivity index (χ1) is 8.07. The van der Waals surface area contributed by atoms with E-state index in [0.29, 0.717) is 0 Å². The topological polar surface area (TPSA) is 30.5 Å². The van der Waals surface area contributed by atoms with Crippen molar-refractivity contribution in [1.29, 1.82) is 0 Å². The second-order valence-electron chi connectivity index (χ2n) is 4.97. The van der Waals surface area contributed by atoms with Crippen molar-refractivity contribution in [2.75, 3.05) is 27.3 Å². The second-order valence-corrected chi connectivity index (χ2v) is 4.97. The van der Waals surface area contributed by atoms with Gasteiger partial charge in [-0.05, 0) is 43.1 Å². The Hall–Kier alpha value is -1.22. The van der Waals surface area contributed by atoms with Crippen molar-refractivity contribution < 1.29 is 9.47 Å². The van der Waals surface area contributed by atoms with Crippen LogP contribution < -0.4 is 14.8 Å². The summed E-state index contributed by atoms with van der Waals surface area (Å²) in [6.45, 7) is 6.21. The Kier molecular flexibility index (Phi) is 5.29. The SMILES string of the molecule is CNCC(C)(C)CCOc1ccc(OC)cc1. The molecule has 0 radical (unpaired) electrons. The molecular weight excluding hydrogens is 214 g/mol. The van der Waals surface area contributed by atoms with Gasteiger partial charge in [0.15, 0.2) is 0 Å². The molecule has 1 aromatic rings. The number of ether oxygens (including phenoxy) is 2. The zero-order chi connectivity index (χ0) is 12.7. The lowest BCUT2D eigenvalue weighted by molar-refractivity contribution is 0.225. The van der Waals surface area contributed by atoms with Crippen molar-refractivity contribution in [3.63, 3.8) is 0 Å². The van der Waals surface area contributed by atoms with Gasteiger partial charge >= 0.3 is 0 Å². The maximum absolute atomic E-state index is 5.70. The van der Waals surface area contributed by atoms with E-state index in [-0.39, 0.29) is 5.41 Å². The molecule has 0 amide bonds. The number of methoxy groups -OCH3 is 1. The third kappa shape index (κ3) is 5.09. The molecule has 0 saturated carbocycles. The summed E-state index contributed by atoms with van der Waals surface area (Å²) in [5.74, 6) is 1.75. The van der Waals surface area contributed by atoms with Crippen LogP contribution in [-0.2, 0) is 0 Å². The first-order valence-electron chi connectivity index (χ1n) is 5.99. The lowest BCUT2D eigenvalue weighted by atomic mass is 9.90. The molecule has 0 heterocycles. The number of benzene rings is 1. The summed E-state index contributed by atoms with van der Waals surface area (Å²) in [6, 6.07) is 7.69.